The molecule has 2 nitrogen and oxygen atoms in total. The number of rotatable bonds is 4. The van der Waals surface area contributed by atoms with E-state index in [-0.39, 0.29) is 0 Å². The van der Waals surface area contributed by atoms with Crippen molar-refractivity contribution in [3.8, 4) is 0 Å². The van der Waals surface area contributed by atoms with Crippen molar-refractivity contribution in [3.63, 3.8) is 0 Å². The molecule has 8 heavy (non-hydrogen) atoms. The van der Waals surface area contributed by atoms with Crippen molar-refractivity contribution >= 4 is 6.47 Å². The first-order valence-electron chi connectivity index (χ1n) is 2.40. The summed E-state index contributed by atoms with van der Waals surface area (Å²) in [5, 5.41) is 0. The summed E-state index contributed by atoms with van der Waals surface area (Å²) in [5.41, 5.74) is 1.01. The van der Waals surface area contributed by atoms with Gasteiger partial charge in [0.2, 0.25) is 0 Å². The SMILES string of the molecule is C=C(C)CCO[C]=O. The maximum absolute atomic E-state index is 9.41. The highest BCUT2D eigenvalue weighted by Gasteiger charge is 1.84. The Bertz CT molecular complexity index is 86.5. The van der Waals surface area contributed by atoms with E-state index in [4.69, 9.17) is 0 Å². The maximum Gasteiger partial charge on any atom is 0.417 e. The van der Waals surface area contributed by atoms with Crippen molar-refractivity contribution in [2.45, 2.75) is 13.3 Å². The highest BCUT2D eigenvalue weighted by Crippen LogP contribution is 1.92. The Morgan fingerprint density at radius 3 is 2.88 bits per heavy atom. The van der Waals surface area contributed by atoms with E-state index in [0.29, 0.717) is 6.61 Å². The van der Waals surface area contributed by atoms with Crippen molar-refractivity contribution in [1.29, 1.82) is 0 Å². The monoisotopic (exact) mass is 113 g/mol. The van der Waals surface area contributed by atoms with Crippen molar-refractivity contribution in [2.75, 3.05) is 6.61 Å². The average molecular weight is 113 g/mol. The summed E-state index contributed by atoms with van der Waals surface area (Å²) in [6.45, 7) is 7.23. The van der Waals surface area contributed by atoms with E-state index in [1.165, 1.54) is 6.47 Å². The molecule has 0 atom stereocenters. The molecule has 45 valence electrons. The Hall–Kier alpha value is -0.790. The van der Waals surface area contributed by atoms with Gasteiger partial charge in [-0.15, -0.1) is 6.58 Å². The van der Waals surface area contributed by atoms with Gasteiger partial charge < -0.3 is 4.74 Å². The summed E-state index contributed by atoms with van der Waals surface area (Å²) in [5.74, 6) is 0. The van der Waals surface area contributed by atoms with Crippen LogP contribution >= 0.6 is 0 Å². The van der Waals surface area contributed by atoms with Gasteiger partial charge in [-0.2, -0.15) is 0 Å². The Balaban J connectivity index is 2.93. The molecule has 0 bridgehead atoms. The lowest BCUT2D eigenvalue weighted by atomic mass is 10.3. The van der Waals surface area contributed by atoms with Crippen LogP contribution in [0.2, 0.25) is 0 Å². The zero-order chi connectivity index (χ0) is 6.41. The molecule has 0 N–H and O–H groups in total. The summed E-state index contributed by atoms with van der Waals surface area (Å²) in [6.07, 6.45) is 0.731. The molecule has 0 saturated heterocycles. The molecule has 0 unspecified atom stereocenters. The minimum absolute atomic E-state index is 0.402. The van der Waals surface area contributed by atoms with E-state index >= 15 is 0 Å². The van der Waals surface area contributed by atoms with Crippen molar-refractivity contribution in [1.82, 2.24) is 0 Å². The first-order valence-corrected chi connectivity index (χ1v) is 2.40. The number of ether oxygens (including phenoxy) is 1. The van der Waals surface area contributed by atoms with Crippen LogP contribution < -0.4 is 0 Å². The van der Waals surface area contributed by atoms with E-state index in [9.17, 15) is 4.79 Å². The highest BCUT2D eigenvalue weighted by atomic mass is 16.5. The van der Waals surface area contributed by atoms with Crippen LogP contribution in [-0.2, 0) is 9.53 Å². The van der Waals surface area contributed by atoms with Crippen LogP contribution in [0.3, 0.4) is 0 Å². The van der Waals surface area contributed by atoms with Crippen LogP contribution in [0.4, 0.5) is 0 Å². The molecule has 0 aliphatic carbocycles. The zero-order valence-corrected chi connectivity index (χ0v) is 4.94. The molecule has 0 aliphatic rings. The zero-order valence-electron chi connectivity index (χ0n) is 4.94. The molecular formula is C6H9O2. The minimum atomic E-state index is 0.402. The van der Waals surface area contributed by atoms with E-state index < -0.39 is 0 Å². The Morgan fingerprint density at radius 1 is 1.88 bits per heavy atom. The van der Waals surface area contributed by atoms with E-state index in [1.54, 1.807) is 0 Å². The van der Waals surface area contributed by atoms with Crippen molar-refractivity contribution in [3.05, 3.63) is 12.2 Å². The smallest absolute Gasteiger partial charge is 0.417 e. The van der Waals surface area contributed by atoms with Gasteiger partial charge in [0.05, 0.1) is 6.61 Å². The lowest BCUT2D eigenvalue weighted by molar-refractivity contribution is 0.281. The molecule has 0 fully saturated rings. The van der Waals surface area contributed by atoms with Crippen LogP contribution in [0.15, 0.2) is 12.2 Å². The lowest BCUT2D eigenvalue weighted by Crippen LogP contribution is -1.90. The van der Waals surface area contributed by atoms with Crippen LogP contribution in [0.5, 0.6) is 0 Å². The molecule has 0 heterocycles. The summed E-state index contributed by atoms with van der Waals surface area (Å²) < 4.78 is 4.28. The molecule has 0 aromatic heterocycles. The van der Waals surface area contributed by atoms with Crippen LogP contribution in [0, 0.1) is 0 Å². The van der Waals surface area contributed by atoms with Gasteiger partial charge in [-0.1, -0.05) is 5.57 Å². The molecule has 0 rings (SSSR count). The predicted molar refractivity (Wildman–Crippen MR) is 31.1 cm³/mol. The predicted octanol–water partition coefficient (Wildman–Crippen LogP) is 1.04. The summed E-state index contributed by atoms with van der Waals surface area (Å²) in [4.78, 5) is 9.41. The van der Waals surface area contributed by atoms with Gasteiger partial charge in [0.1, 0.15) is 0 Å². The number of carbonyl (C=O) groups excluding carboxylic acids is 1. The van der Waals surface area contributed by atoms with E-state index in [0.717, 1.165) is 12.0 Å². The minimum Gasteiger partial charge on any atom is -0.457 e. The normalized spacial score (nSPS) is 8.12. The van der Waals surface area contributed by atoms with Crippen molar-refractivity contribution < 1.29 is 9.53 Å². The van der Waals surface area contributed by atoms with E-state index in [2.05, 4.69) is 11.3 Å². The lowest BCUT2D eigenvalue weighted by Gasteiger charge is -1.93. The molecule has 0 aliphatic heterocycles. The Morgan fingerprint density at radius 2 is 2.50 bits per heavy atom. The first kappa shape index (κ1) is 7.21. The molecule has 0 aromatic carbocycles. The average Bonchev–Trinajstić information content (AvgIpc) is 1.66. The Kier molecular flexibility index (Phi) is 3.94. The fraction of sp³-hybridized carbons (Fsp3) is 0.500. The summed E-state index contributed by atoms with van der Waals surface area (Å²) in [7, 11) is 0. The largest absolute Gasteiger partial charge is 0.457 e. The fourth-order valence-corrected chi connectivity index (χ4v) is 0.267. The second-order valence-corrected chi connectivity index (χ2v) is 1.64. The van der Waals surface area contributed by atoms with Crippen LogP contribution in [-0.4, -0.2) is 13.1 Å². The topological polar surface area (TPSA) is 26.3 Å². The molecule has 1 radical (unpaired) electrons. The highest BCUT2D eigenvalue weighted by molar-refractivity contribution is 5.38. The van der Waals surface area contributed by atoms with Gasteiger partial charge in [0.15, 0.2) is 0 Å². The molecule has 0 amide bonds. The van der Waals surface area contributed by atoms with Crippen LogP contribution in [0.1, 0.15) is 13.3 Å². The van der Waals surface area contributed by atoms with Gasteiger partial charge in [0, 0.05) is 6.42 Å². The summed E-state index contributed by atoms with van der Waals surface area (Å²) in [6, 6.07) is 0. The number of hydrogen-bond donors (Lipinski definition) is 0. The first-order chi connectivity index (χ1) is 3.77. The Labute approximate surface area is 49.1 Å². The standard InChI is InChI=1S/C6H9O2/c1-6(2)3-4-8-5-7/h1,3-4H2,2H3. The quantitative estimate of drug-likeness (QED) is 0.402. The van der Waals surface area contributed by atoms with Gasteiger partial charge >= 0.3 is 6.47 Å². The molecule has 0 saturated carbocycles. The second-order valence-electron chi connectivity index (χ2n) is 1.64. The van der Waals surface area contributed by atoms with Gasteiger partial charge in [0.25, 0.3) is 0 Å². The third-order valence-electron chi connectivity index (χ3n) is 0.690. The van der Waals surface area contributed by atoms with Gasteiger partial charge in [-0.05, 0) is 6.92 Å². The third-order valence-corrected chi connectivity index (χ3v) is 0.690. The van der Waals surface area contributed by atoms with Gasteiger partial charge in [-0.25, -0.2) is 4.79 Å². The molecule has 0 spiro atoms. The molecular weight excluding hydrogens is 104 g/mol. The maximum atomic E-state index is 9.41. The molecule has 0 aromatic rings. The third kappa shape index (κ3) is 5.21. The second kappa shape index (κ2) is 4.37. The fourth-order valence-electron chi connectivity index (χ4n) is 0.267. The van der Waals surface area contributed by atoms with E-state index in [1.807, 2.05) is 6.92 Å². The summed E-state index contributed by atoms with van der Waals surface area (Å²) >= 11 is 0. The van der Waals surface area contributed by atoms with Gasteiger partial charge in [-0.3, -0.25) is 0 Å². The van der Waals surface area contributed by atoms with Crippen LogP contribution in [0.25, 0.3) is 0 Å². The molecule has 2 heteroatoms. The number of hydrogen-bond acceptors (Lipinski definition) is 2. The van der Waals surface area contributed by atoms with Crippen molar-refractivity contribution in [2.24, 2.45) is 0 Å².